The van der Waals surface area contributed by atoms with E-state index in [1.807, 2.05) is 13.8 Å². The number of anilines is 1. The van der Waals surface area contributed by atoms with Crippen LogP contribution in [0.4, 0.5) is 10.3 Å². The third-order valence-electron chi connectivity index (χ3n) is 5.68. The Morgan fingerprint density at radius 2 is 2.12 bits per heavy atom. The first kappa shape index (κ1) is 22.8. The van der Waals surface area contributed by atoms with Crippen LogP contribution in [0.5, 0.6) is 0 Å². The van der Waals surface area contributed by atoms with Gasteiger partial charge in [0.25, 0.3) is 5.91 Å². The highest BCUT2D eigenvalue weighted by Crippen LogP contribution is 2.27. The molecule has 3 aromatic rings. The van der Waals surface area contributed by atoms with Crippen LogP contribution in [0.2, 0.25) is 0 Å². The second-order valence-electron chi connectivity index (χ2n) is 8.24. The van der Waals surface area contributed by atoms with Crippen molar-refractivity contribution in [2.75, 3.05) is 25.6 Å². The molecule has 1 aliphatic rings. The second kappa shape index (κ2) is 9.24. The molecule has 10 heteroatoms. The third-order valence-corrected chi connectivity index (χ3v) is 5.68. The molecule has 33 heavy (non-hydrogen) atoms. The lowest BCUT2D eigenvalue weighted by molar-refractivity contribution is -0.0136. The summed E-state index contributed by atoms with van der Waals surface area (Å²) in [5.74, 6) is -0.839. The molecule has 3 heterocycles. The van der Waals surface area contributed by atoms with E-state index < -0.39 is 11.9 Å². The molecule has 2 atom stereocenters. The zero-order chi connectivity index (χ0) is 23.7. The van der Waals surface area contributed by atoms with E-state index in [2.05, 4.69) is 20.6 Å². The average molecular weight is 455 g/mol. The first-order valence-corrected chi connectivity index (χ1v) is 10.8. The molecule has 0 radical (unpaired) electrons. The Hall–Kier alpha value is -3.37. The molecule has 1 aliphatic heterocycles. The number of aromatic nitrogens is 3. The molecule has 1 saturated heterocycles. The number of hydrogen-bond acceptors (Lipinski definition) is 7. The Kier molecular flexibility index (Phi) is 6.39. The summed E-state index contributed by atoms with van der Waals surface area (Å²) in [4.78, 5) is 33.4. The number of nitrogens with zero attached hydrogens (tertiary/aromatic N) is 3. The summed E-state index contributed by atoms with van der Waals surface area (Å²) in [7, 11) is 1.50. The summed E-state index contributed by atoms with van der Waals surface area (Å²) in [5.41, 5.74) is 0.901. The third kappa shape index (κ3) is 4.44. The van der Waals surface area contributed by atoms with Gasteiger partial charge in [0.15, 0.2) is 11.2 Å². The number of hydrogen-bond donors (Lipinski definition) is 3. The van der Waals surface area contributed by atoms with Gasteiger partial charge in [0.1, 0.15) is 11.4 Å². The molecule has 0 saturated carbocycles. The first-order chi connectivity index (χ1) is 15.8. The normalized spacial score (nSPS) is 18.5. The van der Waals surface area contributed by atoms with Gasteiger partial charge < -0.3 is 25.0 Å². The van der Waals surface area contributed by atoms with Gasteiger partial charge in [0.2, 0.25) is 5.95 Å². The molecule has 0 spiro atoms. The lowest BCUT2D eigenvalue weighted by Crippen LogP contribution is -2.42. The monoisotopic (exact) mass is 455 g/mol. The summed E-state index contributed by atoms with van der Waals surface area (Å²) in [6, 6.07) is 5.74. The summed E-state index contributed by atoms with van der Waals surface area (Å²) in [6.07, 6.45) is 0.910. The Balaban J connectivity index is 1.82. The molecule has 0 unspecified atom stereocenters. The van der Waals surface area contributed by atoms with Gasteiger partial charge in [-0.25, -0.2) is 14.4 Å². The second-order valence-corrected chi connectivity index (χ2v) is 8.24. The molecular weight excluding hydrogens is 429 g/mol. The van der Waals surface area contributed by atoms with Crippen LogP contribution in [-0.4, -0.2) is 58.0 Å². The minimum absolute atomic E-state index is 0.0454. The molecule has 2 aromatic heterocycles. The van der Waals surface area contributed by atoms with Gasteiger partial charge >= 0.3 is 0 Å². The number of ether oxygens (including phenoxy) is 1. The Morgan fingerprint density at radius 3 is 2.82 bits per heavy atom. The fourth-order valence-corrected chi connectivity index (χ4v) is 4.04. The van der Waals surface area contributed by atoms with E-state index in [0.717, 1.165) is 6.20 Å². The lowest BCUT2D eigenvalue weighted by atomic mass is 10.1. The number of carbonyl (C=O) groups excluding carboxylic acids is 1. The van der Waals surface area contributed by atoms with Crippen LogP contribution < -0.4 is 16.1 Å². The fourth-order valence-electron chi connectivity index (χ4n) is 4.04. The maximum Gasteiger partial charge on any atom is 0.267 e. The van der Waals surface area contributed by atoms with Gasteiger partial charge in [-0.15, -0.1) is 0 Å². The van der Waals surface area contributed by atoms with E-state index in [0.29, 0.717) is 29.5 Å². The molecule has 9 nitrogen and oxygen atoms in total. The standard InChI is InChI=1S/C23H26FN5O4/c1-12(2)29-17-8-13(4-5-14(17)19(30)9-18(29)22(32)25-3)21-15(24)10-26-23(28-21)27-16-6-7-33-11-20(16)31/h4-5,8-10,12,16,20,31H,6-7,11H2,1-3H3,(H,25,32)(H,26,27,28)/t16-,20-/m1/s1. The van der Waals surface area contributed by atoms with Gasteiger partial charge in [-0.05, 0) is 32.4 Å². The van der Waals surface area contributed by atoms with Gasteiger partial charge in [-0.2, -0.15) is 0 Å². The minimum Gasteiger partial charge on any atom is -0.389 e. The topological polar surface area (TPSA) is 118 Å². The Morgan fingerprint density at radius 1 is 1.33 bits per heavy atom. The van der Waals surface area contributed by atoms with E-state index in [1.165, 1.54) is 13.1 Å². The highest BCUT2D eigenvalue weighted by atomic mass is 19.1. The maximum atomic E-state index is 14.8. The first-order valence-electron chi connectivity index (χ1n) is 10.8. The van der Waals surface area contributed by atoms with Gasteiger partial charge in [-0.3, -0.25) is 9.59 Å². The predicted molar refractivity (Wildman–Crippen MR) is 122 cm³/mol. The molecular formula is C23H26FN5O4. The Labute approximate surface area is 189 Å². The van der Waals surface area contributed by atoms with Crippen molar-refractivity contribution >= 4 is 22.8 Å². The zero-order valence-corrected chi connectivity index (χ0v) is 18.6. The molecule has 1 aromatic carbocycles. The minimum atomic E-state index is -0.722. The SMILES string of the molecule is CNC(=O)c1cc(=O)c2ccc(-c3nc(N[C@@H]4CCOC[C@H]4O)ncc3F)cc2n1C(C)C. The lowest BCUT2D eigenvalue weighted by Gasteiger charge is -2.28. The quantitative estimate of drug-likeness (QED) is 0.539. The number of aliphatic hydroxyl groups is 1. The van der Waals surface area contributed by atoms with Crippen LogP contribution in [0, 0.1) is 5.82 Å². The highest BCUT2D eigenvalue weighted by Gasteiger charge is 2.25. The zero-order valence-electron chi connectivity index (χ0n) is 18.6. The number of halogens is 1. The van der Waals surface area contributed by atoms with Crippen LogP contribution in [0.1, 0.15) is 36.8 Å². The smallest absolute Gasteiger partial charge is 0.267 e. The maximum absolute atomic E-state index is 14.8. The van der Waals surface area contributed by atoms with E-state index >= 15 is 0 Å². The van der Waals surface area contributed by atoms with Crippen LogP contribution in [0.25, 0.3) is 22.2 Å². The molecule has 0 bridgehead atoms. The summed E-state index contributed by atoms with van der Waals surface area (Å²) in [6.45, 7) is 4.50. The molecule has 174 valence electrons. The molecule has 1 amide bonds. The largest absolute Gasteiger partial charge is 0.389 e. The van der Waals surface area contributed by atoms with E-state index in [-0.39, 0.29) is 47.4 Å². The molecule has 3 N–H and O–H groups in total. The fraction of sp³-hybridized carbons (Fsp3) is 0.391. The van der Waals surface area contributed by atoms with Crippen molar-refractivity contribution in [3.63, 3.8) is 0 Å². The predicted octanol–water partition coefficient (Wildman–Crippen LogP) is 2.10. The van der Waals surface area contributed by atoms with Crippen molar-refractivity contribution in [3.8, 4) is 11.3 Å². The number of amides is 1. The van der Waals surface area contributed by atoms with Crippen LogP contribution in [0.15, 0.2) is 35.3 Å². The molecule has 1 fully saturated rings. The van der Waals surface area contributed by atoms with E-state index in [1.54, 1.807) is 22.8 Å². The number of nitrogens with one attached hydrogen (secondary N) is 2. The number of rotatable bonds is 5. The number of fused-ring (bicyclic) bond motifs is 1. The van der Waals surface area contributed by atoms with Crippen molar-refractivity contribution in [2.45, 2.75) is 38.5 Å². The Bertz CT molecular complexity index is 1260. The molecule has 0 aliphatic carbocycles. The summed E-state index contributed by atoms with van der Waals surface area (Å²) < 4.78 is 21.7. The van der Waals surface area contributed by atoms with Crippen molar-refractivity contribution in [1.82, 2.24) is 19.9 Å². The summed E-state index contributed by atoms with van der Waals surface area (Å²) in [5, 5.41) is 16.1. The van der Waals surface area contributed by atoms with Crippen LogP contribution in [-0.2, 0) is 4.74 Å². The van der Waals surface area contributed by atoms with Crippen LogP contribution >= 0.6 is 0 Å². The van der Waals surface area contributed by atoms with Crippen molar-refractivity contribution in [1.29, 1.82) is 0 Å². The number of aliphatic hydroxyl groups excluding tert-OH is 1. The average Bonchev–Trinajstić information content (AvgIpc) is 2.80. The van der Waals surface area contributed by atoms with Gasteiger partial charge in [0.05, 0.1) is 30.5 Å². The van der Waals surface area contributed by atoms with Crippen molar-refractivity contribution in [2.24, 2.45) is 0 Å². The van der Waals surface area contributed by atoms with Gasteiger partial charge in [0, 0.05) is 36.7 Å². The van der Waals surface area contributed by atoms with E-state index in [9.17, 15) is 19.1 Å². The van der Waals surface area contributed by atoms with Crippen molar-refractivity contribution < 1.29 is 19.0 Å². The molecule has 4 rings (SSSR count). The van der Waals surface area contributed by atoms with Crippen LogP contribution in [0.3, 0.4) is 0 Å². The summed E-state index contributed by atoms with van der Waals surface area (Å²) >= 11 is 0. The number of benzene rings is 1. The van der Waals surface area contributed by atoms with Crippen molar-refractivity contribution in [3.05, 3.63) is 52.2 Å². The van der Waals surface area contributed by atoms with E-state index in [4.69, 9.17) is 4.74 Å². The van der Waals surface area contributed by atoms with Gasteiger partial charge in [-0.1, -0.05) is 6.07 Å². The number of carbonyl (C=O) groups is 1. The highest BCUT2D eigenvalue weighted by molar-refractivity contribution is 5.96. The number of pyridine rings is 1.